The lowest BCUT2D eigenvalue weighted by atomic mass is 10.1. The molecule has 0 saturated carbocycles. The predicted molar refractivity (Wildman–Crippen MR) is 77.5 cm³/mol. The average molecular weight is 278 g/mol. The van der Waals surface area contributed by atoms with E-state index in [0.717, 1.165) is 10.9 Å². The highest BCUT2D eigenvalue weighted by Gasteiger charge is 2.22. The van der Waals surface area contributed by atoms with Crippen LogP contribution in [0.2, 0.25) is 0 Å². The molecule has 0 bridgehead atoms. The number of nitrogens with zero attached hydrogens (tertiary/aromatic N) is 1. The summed E-state index contributed by atoms with van der Waals surface area (Å²) >= 11 is 0. The van der Waals surface area contributed by atoms with E-state index in [2.05, 4.69) is 4.98 Å². The van der Waals surface area contributed by atoms with Crippen LogP contribution in [0.1, 0.15) is 19.5 Å². The maximum absolute atomic E-state index is 12.0. The van der Waals surface area contributed by atoms with Gasteiger partial charge in [0, 0.05) is 10.9 Å². The van der Waals surface area contributed by atoms with Crippen molar-refractivity contribution in [2.24, 2.45) is 5.73 Å². The van der Waals surface area contributed by atoms with E-state index in [4.69, 9.17) is 5.73 Å². The zero-order valence-electron chi connectivity index (χ0n) is 11.1. The number of sulfone groups is 1. The first-order chi connectivity index (χ1) is 8.75. The highest BCUT2D eigenvalue weighted by atomic mass is 32.2. The number of hydrogen-bond donors (Lipinski definition) is 1. The topological polar surface area (TPSA) is 73.1 Å². The third kappa shape index (κ3) is 4.01. The number of para-hydroxylation sites is 1. The van der Waals surface area contributed by atoms with Crippen LogP contribution in [0.15, 0.2) is 36.4 Å². The Morgan fingerprint density at radius 2 is 1.84 bits per heavy atom. The molecular weight excluding hydrogens is 260 g/mol. The largest absolute Gasteiger partial charge is 0.325 e. The maximum Gasteiger partial charge on any atom is 0.157 e. The Bertz CT molecular complexity index is 688. The SMILES string of the molecule is CC(C)(N)CS(=O)(=O)Cc1ccc2ccccc2n1. The van der Waals surface area contributed by atoms with Crippen LogP contribution >= 0.6 is 0 Å². The second-order valence-corrected chi connectivity index (χ2v) is 7.58. The Labute approximate surface area is 113 Å². The minimum atomic E-state index is -3.25. The molecule has 1 heterocycles. The molecule has 0 unspecified atom stereocenters. The molecule has 5 heteroatoms. The average Bonchev–Trinajstić information content (AvgIpc) is 2.24. The van der Waals surface area contributed by atoms with Crippen LogP contribution in [0.5, 0.6) is 0 Å². The first-order valence-corrected chi connectivity index (χ1v) is 7.91. The van der Waals surface area contributed by atoms with E-state index in [1.807, 2.05) is 30.3 Å². The second kappa shape index (κ2) is 4.90. The molecule has 102 valence electrons. The highest BCUT2D eigenvalue weighted by molar-refractivity contribution is 7.90. The fourth-order valence-corrected chi connectivity index (χ4v) is 3.88. The fraction of sp³-hybridized carbons (Fsp3) is 0.357. The van der Waals surface area contributed by atoms with Crippen molar-refractivity contribution >= 4 is 20.7 Å². The Morgan fingerprint density at radius 1 is 1.16 bits per heavy atom. The van der Waals surface area contributed by atoms with Crippen molar-refractivity contribution in [3.63, 3.8) is 0 Å². The molecule has 2 aromatic rings. The number of rotatable bonds is 4. The molecule has 0 aliphatic carbocycles. The summed E-state index contributed by atoms with van der Waals surface area (Å²) in [5.74, 6) is -0.118. The Morgan fingerprint density at radius 3 is 2.53 bits per heavy atom. The summed E-state index contributed by atoms with van der Waals surface area (Å²) in [5.41, 5.74) is 6.41. The van der Waals surface area contributed by atoms with E-state index in [0.29, 0.717) is 5.69 Å². The van der Waals surface area contributed by atoms with Crippen molar-refractivity contribution in [3.8, 4) is 0 Å². The molecule has 0 saturated heterocycles. The monoisotopic (exact) mass is 278 g/mol. The Balaban J connectivity index is 2.26. The lowest BCUT2D eigenvalue weighted by Gasteiger charge is -2.18. The first-order valence-electron chi connectivity index (χ1n) is 6.09. The summed E-state index contributed by atoms with van der Waals surface area (Å²) in [4.78, 5) is 4.37. The second-order valence-electron chi connectivity index (χ2n) is 5.52. The predicted octanol–water partition coefficient (Wildman–Crippen LogP) is 1.89. The van der Waals surface area contributed by atoms with Crippen molar-refractivity contribution in [1.29, 1.82) is 0 Å². The molecule has 0 radical (unpaired) electrons. The van der Waals surface area contributed by atoms with Crippen LogP contribution in [0, 0.1) is 0 Å². The van der Waals surface area contributed by atoms with E-state index in [1.54, 1.807) is 19.9 Å². The number of fused-ring (bicyclic) bond motifs is 1. The molecule has 2 rings (SSSR count). The van der Waals surface area contributed by atoms with Crippen LogP contribution in [-0.2, 0) is 15.6 Å². The molecule has 2 N–H and O–H groups in total. The van der Waals surface area contributed by atoms with Gasteiger partial charge in [0.05, 0.1) is 22.7 Å². The lowest BCUT2D eigenvalue weighted by Crippen LogP contribution is -2.40. The molecule has 1 aromatic heterocycles. The van der Waals surface area contributed by atoms with E-state index in [1.165, 1.54) is 0 Å². The standard InChI is InChI=1S/C14H18N2O2S/c1-14(2,15)10-19(17,18)9-12-8-7-11-5-3-4-6-13(11)16-12/h3-8H,9-10,15H2,1-2H3. The molecule has 0 aliphatic rings. The molecule has 4 nitrogen and oxygen atoms in total. The third-order valence-corrected chi connectivity index (χ3v) is 4.54. The van der Waals surface area contributed by atoms with Gasteiger partial charge in [-0.1, -0.05) is 24.3 Å². The van der Waals surface area contributed by atoms with Gasteiger partial charge in [-0.3, -0.25) is 4.98 Å². The molecule has 0 amide bonds. The van der Waals surface area contributed by atoms with E-state index in [9.17, 15) is 8.42 Å². The quantitative estimate of drug-likeness (QED) is 0.927. The van der Waals surface area contributed by atoms with Crippen LogP contribution in [0.25, 0.3) is 10.9 Å². The molecule has 0 atom stereocenters. The summed E-state index contributed by atoms with van der Waals surface area (Å²) in [7, 11) is -3.25. The van der Waals surface area contributed by atoms with Crippen molar-refractivity contribution in [1.82, 2.24) is 4.98 Å². The fourth-order valence-electron chi connectivity index (χ4n) is 2.03. The van der Waals surface area contributed by atoms with Gasteiger partial charge >= 0.3 is 0 Å². The van der Waals surface area contributed by atoms with Gasteiger partial charge in [-0.25, -0.2) is 8.42 Å². The molecule has 19 heavy (non-hydrogen) atoms. The van der Waals surface area contributed by atoms with Gasteiger partial charge in [-0.15, -0.1) is 0 Å². The lowest BCUT2D eigenvalue weighted by molar-refractivity contribution is 0.543. The maximum atomic E-state index is 12.0. The Kier molecular flexibility index (Phi) is 3.60. The van der Waals surface area contributed by atoms with Gasteiger partial charge in [-0.05, 0) is 26.0 Å². The van der Waals surface area contributed by atoms with Crippen molar-refractivity contribution < 1.29 is 8.42 Å². The van der Waals surface area contributed by atoms with E-state index >= 15 is 0 Å². The number of aromatic nitrogens is 1. The van der Waals surface area contributed by atoms with Gasteiger partial charge in [0.2, 0.25) is 0 Å². The van der Waals surface area contributed by atoms with Crippen LogP contribution in [0.3, 0.4) is 0 Å². The van der Waals surface area contributed by atoms with Gasteiger partial charge in [0.1, 0.15) is 0 Å². The zero-order valence-corrected chi connectivity index (χ0v) is 11.9. The molecule has 1 aromatic carbocycles. The van der Waals surface area contributed by atoms with E-state index < -0.39 is 15.4 Å². The van der Waals surface area contributed by atoms with Crippen molar-refractivity contribution in [2.45, 2.75) is 25.1 Å². The zero-order chi connectivity index (χ0) is 14.1. The van der Waals surface area contributed by atoms with Gasteiger partial charge in [0.15, 0.2) is 9.84 Å². The van der Waals surface area contributed by atoms with Gasteiger partial charge < -0.3 is 5.73 Å². The normalized spacial score (nSPS) is 12.8. The molecule has 0 fully saturated rings. The number of benzene rings is 1. The van der Waals surface area contributed by atoms with E-state index in [-0.39, 0.29) is 11.5 Å². The summed E-state index contributed by atoms with van der Waals surface area (Å²) in [6.07, 6.45) is 0. The summed E-state index contributed by atoms with van der Waals surface area (Å²) < 4.78 is 24.1. The van der Waals surface area contributed by atoms with Crippen LogP contribution in [0.4, 0.5) is 0 Å². The minimum absolute atomic E-state index is 0.0471. The number of nitrogens with two attached hydrogens (primary N) is 1. The smallest absolute Gasteiger partial charge is 0.157 e. The Hall–Kier alpha value is -1.46. The third-order valence-electron chi connectivity index (χ3n) is 2.62. The number of hydrogen-bond acceptors (Lipinski definition) is 4. The summed E-state index contributed by atoms with van der Waals surface area (Å²) in [6, 6.07) is 11.3. The molecule has 0 spiro atoms. The molecular formula is C14H18N2O2S. The summed E-state index contributed by atoms with van der Waals surface area (Å²) in [5, 5.41) is 1.00. The van der Waals surface area contributed by atoms with Crippen LogP contribution < -0.4 is 5.73 Å². The van der Waals surface area contributed by atoms with Gasteiger partial charge in [0.25, 0.3) is 0 Å². The summed E-state index contributed by atoms with van der Waals surface area (Å²) in [6.45, 7) is 3.41. The number of pyridine rings is 1. The molecule has 0 aliphatic heterocycles. The van der Waals surface area contributed by atoms with Gasteiger partial charge in [-0.2, -0.15) is 0 Å². The van der Waals surface area contributed by atoms with Crippen molar-refractivity contribution in [3.05, 3.63) is 42.1 Å². The van der Waals surface area contributed by atoms with Crippen LogP contribution in [-0.4, -0.2) is 24.7 Å². The minimum Gasteiger partial charge on any atom is -0.325 e. The first kappa shape index (κ1) is 14.0. The highest BCUT2D eigenvalue weighted by Crippen LogP contribution is 2.15. The van der Waals surface area contributed by atoms with Crippen molar-refractivity contribution in [2.75, 3.05) is 5.75 Å².